The van der Waals surface area contributed by atoms with E-state index < -0.39 is 23.2 Å². The highest BCUT2D eigenvalue weighted by atomic mass is 19.4. The number of rotatable bonds is 1. The molecule has 1 aliphatic carbocycles. The molecule has 0 saturated heterocycles. The molecule has 0 aromatic heterocycles. The zero-order chi connectivity index (χ0) is 11.0. The van der Waals surface area contributed by atoms with Gasteiger partial charge in [0.05, 0.1) is 0 Å². The molecule has 1 nitrogen and oxygen atoms in total. The van der Waals surface area contributed by atoms with Gasteiger partial charge in [0.1, 0.15) is 0 Å². The summed E-state index contributed by atoms with van der Waals surface area (Å²) in [6, 6.07) is 0. The van der Waals surface area contributed by atoms with Crippen LogP contribution in [-0.2, 0) is 0 Å². The van der Waals surface area contributed by atoms with E-state index in [9.17, 15) is 26.3 Å². The van der Waals surface area contributed by atoms with Gasteiger partial charge in [-0.3, -0.25) is 0 Å². The molecule has 0 N–H and O–H groups in total. The van der Waals surface area contributed by atoms with Gasteiger partial charge in [0, 0.05) is 5.70 Å². The van der Waals surface area contributed by atoms with Crippen molar-refractivity contribution < 1.29 is 26.3 Å². The lowest BCUT2D eigenvalue weighted by molar-refractivity contribution is -0.359. The summed E-state index contributed by atoms with van der Waals surface area (Å²) >= 11 is 0. The second kappa shape index (κ2) is 3.36. The Bertz CT molecular complexity index is 224. The van der Waals surface area contributed by atoms with Crippen molar-refractivity contribution in [1.82, 2.24) is 4.90 Å². The van der Waals surface area contributed by atoms with E-state index in [2.05, 4.69) is 0 Å². The molecule has 1 rings (SSSR count). The van der Waals surface area contributed by atoms with Crippen LogP contribution in [0.2, 0.25) is 0 Å². The zero-order valence-electron chi connectivity index (χ0n) is 6.91. The SMILES string of the molecule is FC(F)(F)N(C1=CCCC1)C(F)(F)F. The van der Waals surface area contributed by atoms with E-state index in [0.717, 1.165) is 6.08 Å². The minimum absolute atomic E-state index is 0.182. The van der Waals surface area contributed by atoms with Crippen LogP contribution in [0.25, 0.3) is 0 Å². The molecule has 0 fully saturated rings. The Morgan fingerprint density at radius 3 is 1.79 bits per heavy atom. The number of hydrogen-bond donors (Lipinski definition) is 0. The number of hydrogen-bond acceptors (Lipinski definition) is 1. The fourth-order valence-electron chi connectivity index (χ4n) is 1.33. The third-order valence-corrected chi connectivity index (χ3v) is 1.81. The number of allylic oxidation sites excluding steroid dienone is 2. The maximum atomic E-state index is 12.0. The van der Waals surface area contributed by atoms with E-state index in [-0.39, 0.29) is 12.8 Å². The highest BCUT2D eigenvalue weighted by Gasteiger charge is 2.54. The molecule has 0 heterocycles. The van der Waals surface area contributed by atoms with Crippen molar-refractivity contribution >= 4 is 0 Å². The van der Waals surface area contributed by atoms with Crippen LogP contribution in [0.1, 0.15) is 19.3 Å². The summed E-state index contributed by atoms with van der Waals surface area (Å²) in [5.74, 6) is 0. The molecule has 82 valence electrons. The average molecular weight is 219 g/mol. The van der Waals surface area contributed by atoms with E-state index in [4.69, 9.17) is 0 Å². The molecule has 0 amide bonds. The lowest BCUT2D eigenvalue weighted by Gasteiger charge is -2.29. The molecule has 0 unspecified atom stereocenters. The van der Waals surface area contributed by atoms with Crippen LogP contribution in [-0.4, -0.2) is 17.5 Å². The van der Waals surface area contributed by atoms with Gasteiger partial charge in [-0.05, 0) is 19.3 Å². The largest absolute Gasteiger partial charge is 0.491 e. The van der Waals surface area contributed by atoms with Crippen LogP contribution in [0.4, 0.5) is 26.3 Å². The van der Waals surface area contributed by atoms with Crippen molar-refractivity contribution in [3.63, 3.8) is 0 Å². The third-order valence-electron chi connectivity index (χ3n) is 1.81. The first-order valence-corrected chi connectivity index (χ1v) is 3.86. The highest BCUT2D eigenvalue weighted by Crippen LogP contribution is 2.40. The van der Waals surface area contributed by atoms with E-state index >= 15 is 0 Å². The number of nitrogens with zero attached hydrogens (tertiary/aromatic N) is 1. The van der Waals surface area contributed by atoms with Gasteiger partial charge in [0.25, 0.3) is 0 Å². The summed E-state index contributed by atoms with van der Waals surface area (Å²) in [7, 11) is 0. The minimum atomic E-state index is -5.39. The normalized spacial score (nSPS) is 18.3. The molecule has 7 heteroatoms. The van der Waals surface area contributed by atoms with Crippen molar-refractivity contribution in [3.8, 4) is 0 Å². The van der Waals surface area contributed by atoms with Crippen LogP contribution in [0, 0.1) is 0 Å². The number of halogens is 6. The summed E-state index contributed by atoms with van der Waals surface area (Å²) in [5, 5.41) is 0. The Kier molecular flexibility index (Phi) is 2.69. The molecule has 0 atom stereocenters. The fraction of sp³-hybridized carbons (Fsp3) is 0.714. The van der Waals surface area contributed by atoms with Crippen molar-refractivity contribution in [2.45, 2.75) is 31.9 Å². The van der Waals surface area contributed by atoms with Crippen molar-refractivity contribution in [1.29, 1.82) is 0 Å². The van der Waals surface area contributed by atoms with Crippen LogP contribution < -0.4 is 0 Å². The van der Waals surface area contributed by atoms with Gasteiger partial charge in [0.15, 0.2) is 0 Å². The molecule has 0 aromatic carbocycles. The van der Waals surface area contributed by atoms with E-state index in [0.29, 0.717) is 6.42 Å². The molecule has 0 aromatic rings. The molecule has 0 aliphatic heterocycles. The first-order chi connectivity index (χ1) is 6.23. The van der Waals surface area contributed by atoms with Crippen molar-refractivity contribution in [2.24, 2.45) is 0 Å². The summed E-state index contributed by atoms with van der Waals surface area (Å²) in [6.45, 7) is 0. The van der Waals surface area contributed by atoms with Crippen LogP contribution >= 0.6 is 0 Å². The van der Waals surface area contributed by atoms with E-state index in [1.807, 2.05) is 0 Å². The van der Waals surface area contributed by atoms with Gasteiger partial charge in [0.2, 0.25) is 0 Å². The van der Waals surface area contributed by atoms with Gasteiger partial charge < -0.3 is 0 Å². The molecule has 0 spiro atoms. The summed E-state index contributed by atoms with van der Waals surface area (Å²) in [4.78, 5) is -1.42. The van der Waals surface area contributed by atoms with Gasteiger partial charge >= 0.3 is 12.6 Å². The Morgan fingerprint density at radius 2 is 1.50 bits per heavy atom. The molecule has 0 radical (unpaired) electrons. The topological polar surface area (TPSA) is 3.24 Å². The van der Waals surface area contributed by atoms with Gasteiger partial charge in [-0.25, -0.2) is 0 Å². The quantitative estimate of drug-likeness (QED) is 0.482. The molecule has 0 bridgehead atoms. The summed E-state index contributed by atoms with van der Waals surface area (Å²) < 4.78 is 72.2. The molecule has 1 aliphatic rings. The Labute approximate surface area is 76.0 Å². The predicted octanol–water partition coefficient (Wildman–Crippen LogP) is 3.40. The summed E-state index contributed by atoms with van der Waals surface area (Å²) in [5.41, 5.74) is -0.704. The Morgan fingerprint density at radius 1 is 1.00 bits per heavy atom. The maximum absolute atomic E-state index is 12.0. The molecular formula is C7H7F6N. The van der Waals surface area contributed by atoms with E-state index in [1.165, 1.54) is 0 Å². The zero-order valence-corrected chi connectivity index (χ0v) is 6.91. The first-order valence-electron chi connectivity index (χ1n) is 3.86. The van der Waals surface area contributed by atoms with E-state index in [1.54, 1.807) is 0 Å². The smallest absolute Gasteiger partial charge is 0.198 e. The standard InChI is InChI=1S/C7H7F6N/c8-6(9,10)14(7(11,12)13)5-3-1-2-4-5/h3H,1-2,4H2. The summed E-state index contributed by atoms with van der Waals surface area (Å²) in [6.07, 6.45) is -9.40. The predicted molar refractivity (Wildman–Crippen MR) is 35.9 cm³/mol. The average Bonchev–Trinajstić information content (AvgIpc) is 2.31. The molecule has 0 saturated carbocycles. The van der Waals surface area contributed by atoms with Crippen molar-refractivity contribution in [3.05, 3.63) is 11.8 Å². The lowest BCUT2D eigenvalue weighted by Crippen LogP contribution is -2.46. The molecule has 14 heavy (non-hydrogen) atoms. The highest BCUT2D eigenvalue weighted by molar-refractivity contribution is 5.08. The van der Waals surface area contributed by atoms with Gasteiger partial charge in [-0.15, -0.1) is 26.3 Å². The number of alkyl halides is 6. The fourth-order valence-corrected chi connectivity index (χ4v) is 1.33. The second-order valence-corrected chi connectivity index (χ2v) is 2.86. The van der Waals surface area contributed by atoms with Gasteiger partial charge in [-0.2, -0.15) is 4.90 Å². The first kappa shape index (κ1) is 11.2. The second-order valence-electron chi connectivity index (χ2n) is 2.86. The maximum Gasteiger partial charge on any atom is 0.491 e. The van der Waals surface area contributed by atoms with Crippen molar-refractivity contribution in [2.75, 3.05) is 0 Å². The molecular weight excluding hydrogens is 212 g/mol. The lowest BCUT2D eigenvalue weighted by atomic mass is 10.3. The van der Waals surface area contributed by atoms with Crippen LogP contribution in [0.15, 0.2) is 11.8 Å². The Hall–Kier alpha value is -0.880. The van der Waals surface area contributed by atoms with Crippen LogP contribution in [0.3, 0.4) is 0 Å². The monoisotopic (exact) mass is 219 g/mol. The third kappa shape index (κ3) is 2.33. The van der Waals surface area contributed by atoms with Gasteiger partial charge in [-0.1, -0.05) is 6.08 Å². The van der Waals surface area contributed by atoms with Crippen LogP contribution in [0.5, 0.6) is 0 Å². The Balaban J connectivity index is 2.94. The minimum Gasteiger partial charge on any atom is -0.198 e.